The topological polar surface area (TPSA) is 74.8 Å². The van der Waals surface area contributed by atoms with Crippen LogP contribution < -0.4 is 9.80 Å². The van der Waals surface area contributed by atoms with Gasteiger partial charge in [0.05, 0.1) is 33.6 Å². The van der Waals surface area contributed by atoms with Gasteiger partial charge in [0.25, 0.3) is 23.6 Å². The Labute approximate surface area is 276 Å². The summed E-state index contributed by atoms with van der Waals surface area (Å²) < 4.78 is 0. The van der Waals surface area contributed by atoms with E-state index in [0.29, 0.717) is 33.6 Å². The van der Waals surface area contributed by atoms with E-state index in [1.54, 1.807) is 48.5 Å². The van der Waals surface area contributed by atoms with Crippen molar-refractivity contribution in [3.8, 4) is 11.1 Å². The van der Waals surface area contributed by atoms with Gasteiger partial charge >= 0.3 is 0 Å². The van der Waals surface area contributed by atoms with Crippen LogP contribution in [0.2, 0.25) is 0 Å². The second-order valence-electron chi connectivity index (χ2n) is 13.1. The zero-order valence-corrected chi connectivity index (χ0v) is 27.2. The second-order valence-corrected chi connectivity index (χ2v) is 13.1. The molecule has 4 aromatic rings. The fraction of sp³-hybridized carbons (Fsp3) is 0.317. The highest BCUT2D eigenvalue weighted by molar-refractivity contribution is 6.35. The highest BCUT2D eigenvalue weighted by Gasteiger charge is 2.45. The minimum atomic E-state index is -0.393. The first-order chi connectivity index (χ1) is 22.9. The molecule has 0 spiro atoms. The van der Waals surface area contributed by atoms with Gasteiger partial charge in [-0.1, -0.05) is 102 Å². The predicted octanol–water partition coefficient (Wildman–Crippen LogP) is 9.50. The maximum atomic E-state index is 13.6. The van der Waals surface area contributed by atoms with Gasteiger partial charge < -0.3 is 0 Å². The van der Waals surface area contributed by atoms with Gasteiger partial charge in [-0.25, -0.2) is 9.80 Å². The van der Waals surface area contributed by atoms with Crippen LogP contribution >= 0.6 is 0 Å². The number of amides is 4. The number of unbranched alkanes of at least 4 members (excludes halogenated alkanes) is 6. The summed E-state index contributed by atoms with van der Waals surface area (Å²) in [5.74, 6) is -1.20. The maximum Gasteiger partial charge on any atom is 0.266 e. The third kappa shape index (κ3) is 4.93. The Morgan fingerprint density at radius 1 is 0.447 bits per heavy atom. The molecule has 0 atom stereocenters. The third-order valence-corrected chi connectivity index (χ3v) is 10.3. The summed E-state index contributed by atoms with van der Waals surface area (Å²) in [7, 11) is 0. The zero-order chi connectivity index (χ0) is 32.7. The average molecular weight is 625 g/mol. The quantitative estimate of drug-likeness (QED) is 0.116. The lowest BCUT2D eigenvalue weighted by Gasteiger charge is -2.34. The molecule has 6 heteroatoms. The highest BCUT2D eigenvalue weighted by atomic mass is 16.2. The molecule has 2 aliphatic heterocycles. The molecule has 238 valence electrons. The number of imide groups is 2. The van der Waals surface area contributed by atoms with Crippen LogP contribution in [0.5, 0.6) is 0 Å². The van der Waals surface area contributed by atoms with Crippen LogP contribution in [-0.4, -0.2) is 23.6 Å². The summed E-state index contributed by atoms with van der Waals surface area (Å²) in [4.78, 5) is 56.9. The summed E-state index contributed by atoms with van der Waals surface area (Å²) in [5.41, 5.74) is 6.88. The maximum absolute atomic E-state index is 13.6. The molecule has 0 aromatic heterocycles. The van der Waals surface area contributed by atoms with Crippen LogP contribution in [0.15, 0.2) is 84.9 Å². The highest BCUT2D eigenvalue weighted by Crippen LogP contribution is 2.56. The van der Waals surface area contributed by atoms with Crippen LogP contribution in [0.4, 0.5) is 11.4 Å². The van der Waals surface area contributed by atoms with Crippen LogP contribution in [-0.2, 0) is 5.41 Å². The van der Waals surface area contributed by atoms with Crippen molar-refractivity contribution < 1.29 is 19.2 Å². The number of nitrogens with zero attached hydrogens (tertiary/aromatic N) is 2. The number of fused-ring (bicyclic) bond motifs is 5. The fourth-order valence-electron chi connectivity index (χ4n) is 7.97. The molecule has 0 bridgehead atoms. The molecule has 47 heavy (non-hydrogen) atoms. The molecule has 0 unspecified atom stereocenters. The van der Waals surface area contributed by atoms with Gasteiger partial charge in [-0.2, -0.15) is 0 Å². The van der Waals surface area contributed by atoms with Gasteiger partial charge in [0, 0.05) is 5.41 Å². The minimum Gasteiger partial charge on any atom is -0.268 e. The van der Waals surface area contributed by atoms with Gasteiger partial charge in [0.15, 0.2) is 0 Å². The smallest absolute Gasteiger partial charge is 0.266 e. The fourth-order valence-corrected chi connectivity index (χ4v) is 7.97. The molecule has 0 saturated carbocycles. The van der Waals surface area contributed by atoms with Crippen LogP contribution in [0, 0.1) is 0 Å². The lowest BCUT2D eigenvalue weighted by atomic mass is 9.70. The van der Waals surface area contributed by atoms with Gasteiger partial charge in [-0.15, -0.1) is 0 Å². The van der Waals surface area contributed by atoms with Gasteiger partial charge in [0.1, 0.15) is 0 Å². The predicted molar refractivity (Wildman–Crippen MR) is 185 cm³/mol. The van der Waals surface area contributed by atoms with E-state index >= 15 is 0 Å². The van der Waals surface area contributed by atoms with Gasteiger partial charge in [-0.3, -0.25) is 19.2 Å². The Bertz CT molecular complexity index is 1720. The zero-order valence-electron chi connectivity index (χ0n) is 27.2. The number of carbonyl (C=O) groups is 4. The standard InChI is InChI=1S/C41H40N2O4/c1-3-5-7-13-23-41(24-14-8-6-4-2)35-25-27(42-37(44)31-15-9-10-16-32(31)38(42)45)19-21-29(35)30-22-20-28(26-36(30)41)43-39(46)33-17-11-12-18-34(33)40(43)47/h9-12,15-22,25-26H,3-8,13-14,23-24H2,1-2H3. The molecule has 3 aliphatic rings. The Balaban J connectivity index is 1.35. The number of benzene rings is 4. The van der Waals surface area contributed by atoms with E-state index in [9.17, 15) is 19.2 Å². The molecular formula is C41H40N2O4. The molecule has 4 amide bonds. The van der Waals surface area contributed by atoms with Crippen molar-refractivity contribution in [3.63, 3.8) is 0 Å². The molecule has 0 saturated heterocycles. The molecule has 6 nitrogen and oxygen atoms in total. The summed E-state index contributed by atoms with van der Waals surface area (Å²) in [5, 5.41) is 0. The van der Waals surface area contributed by atoms with Crippen molar-refractivity contribution in [1.29, 1.82) is 0 Å². The summed E-state index contributed by atoms with van der Waals surface area (Å²) in [6.45, 7) is 4.42. The van der Waals surface area contributed by atoms with Crippen molar-refractivity contribution in [3.05, 3.63) is 118 Å². The van der Waals surface area contributed by atoms with Gasteiger partial charge in [-0.05, 0) is 83.6 Å². The Morgan fingerprint density at radius 2 is 0.809 bits per heavy atom. The lowest BCUT2D eigenvalue weighted by molar-refractivity contribution is 0.0910. The number of carbonyl (C=O) groups excluding carboxylic acids is 4. The lowest BCUT2D eigenvalue weighted by Crippen LogP contribution is -2.31. The molecule has 7 rings (SSSR count). The average Bonchev–Trinajstić information content (AvgIpc) is 3.62. The Morgan fingerprint density at radius 3 is 1.15 bits per heavy atom. The monoisotopic (exact) mass is 624 g/mol. The third-order valence-electron chi connectivity index (χ3n) is 10.3. The second kappa shape index (κ2) is 12.4. The normalized spacial score (nSPS) is 15.7. The van der Waals surface area contributed by atoms with E-state index in [4.69, 9.17) is 0 Å². The van der Waals surface area contributed by atoms with Gasteiger partial charge in [0.2, 0.25) is 0 Å². The summed E-state index contributed by atoms with van der Waals surface area (Å²) >= 11 is 0. The van der Waals surface area contributed by atoms with Crippen LogP contribution in [0.3, 0.4) is 0 Å². The minimum absolute atomic E-state index is 0.300. The van der Waals surface area contributed by atoms with Crippen molar-refractivity contribution >= 4 is 35.0 Å². The van der Waals surface area contributed by atoms with E-state index in [0.717, 1.165) is 86.5 Å². The van der Waals surface area contributed by atoms with E-state index in [2.05, 4.69) is 38.1 Å². The molecule has 4 aromatic carbocycles. The van der Waals surface area contributed by atoms with Crippen molar-refractivity contribution in [2.24, 2.45) is 0 Å². The van der Waals surface area contributed by atoms with Crippen molar-refractivity contribution in [2.75, 3.05) is 9.80 Å². The summed E-state index contributed by atoms with van der Waals surface area (Å²) in [6.07, 6.45) is 10.6. The molecule has 0 fully saturated rings. The number of hydrogen-bond donors (Lipinski definition) is 0. The molecule has 2 heterocycles. The van der Waals surface area contributed by atoms with E-state index < -0.39 is 5.41 Å². The first-order valence-electron chi connectivity index (χ1n) is 17.2. The number of rotatable bonds is 12. The summed E-state index contributed by atoms with van der Waals surface area (Å²) in [6, 6.07) is 26.0. The number of hydrogen-bond acceptors (Lipinski definition) is 4. The Hall–Kier alpha value is -4.84. The van der Waals surface area contributed by atoms with E-state index in [1.165, 1.54) is 9.80 Å². The first-order valence-corrected chi connectivity index (χ1v) is 17.2. The van der Waals surface area contributed by atoms with E-state index in [-0.39, 0.29) is 23.6 Å². The SMILES string of the molecule is CCCCCCC1(CCCCCC)c2cc(N3C(=O)c4ccccc4C3=O)ccc2-c2ccc(N3C(=O)c4ccccc4C3=O)cc21. The largest absolute Gasteiger partial charge is 0.268 e. The molecule has 0 N–H and O–H groups in total. The van der Waals surface area contributed by atoms with Crippen LogP contribution in [0.1, 0.15) is 131 Å². The first kappa shape index (κ1) is 30.8. The van der Waals surface area contributed by atoms with Crippen molar-refractivity contribution in [2.45, 2.75) is 83.5 Å². The molecular weight excluding hydrogens is 584 g/mol. The van der Waals surface area contributed by atoms with Crippen LogP contribution in [0.25, 0.3) is 11.1 Å². The number of anilines is 2. The Kier molecular flexibility index (Phi) is 8.13. The molecule has 1 aliphatic carbocycles. The van der Waals surface area contributed by atoms with Crippen molar-refractivity contribution in [1.82, 2.24) is 0 Å². The van der Waals surface area contributed by atoms with E-state index in [1.807, 2.05) is 12.1 Å². The molecule has 0 radical (unpaired) electrons.